The lowest BCUT2D eigenvalue weighted by Crippen LogP contribution is -2.23. The van der Waals surface area contributed by atoms with Crippen LogP contribution in [-0.4, -0.2) is 50.5 Å². The van der Waals surface area contributed by atoms with Crippen molar-refractivity contribution in [2.45, 2.75) is 24.4 Å². The summed E-state index contributed by atoms with van der Waals surface area (Å²) in [5.41, 5.74) is 1.06. The fraction of sp³-hybridized carbons (Fsp3) is 0.375. The van der Waals surface area contributed by atoms with Crippen molar-refractivity contribution in [3.8, 4) is 0 Å². The fourth-order valence-corrected chi connectivity index (χ4v) is 4.04. The number of aryl methyl sites for hydroxylation is 1. The number of halogens is 1. The van der Waals surface area contributed by atoms with E-state index in [0.717, 1.165) is 18.7 Å². The van der Waals surface area contributed by atoms with Crippen molar-refractivity contribution in [3.05, 3.63) is 50.8 Å². The quantitative estimate of drug-likeness (QED) is 0.449. The number of aromatic nitrogens is 2. The predicted octanol–water partition coefficient (Wildman–Crippen LogP) is 3.06. The van der Waals surface area contributed by atoms with Gasteiger partial charge in [-0.1, -0.05) is 23.7 Å². The first-order valence-corrected chi connectivity index (χ1v) is 9.16. The van der Waals surface area contributed by atoms with E-state index < -0.39 is 0 Å². The highest BCUT2D eigenvalue weighted by Gasteiger charge is 2.27. The van der Waals surface area contributed by atoms with E-state index in [0.29, 0.717) is 23.0 Å². The molecule has 0 aliphatic carbocycles. The second-order valence-corrected chi connectivity index (χ2v) is 7.58. The van der Waals surface area contributed by atoms with Crippen LogP contribution < -0.4 is 0 Å². The number of carbonyl (C=O) groups excluding carboxylic acids is 1. The van der Waals surface area contributed by atoms with Gasteiger partial charge in [-0.25, -0.2) is 4.31 Å². The van der Waals surface area contributed by atoms with Crippen molar-refractivity contribution in [2.24, 2.45) is 0 Å². The molecule has 3 rings (SSSR count). The number of amides is 1. The number of para-hydroxylation sites is 1. The molecule has 0 N–H and O–H groups in total. The minimum atomic E-state index is -0.384. The zero-order chi connectivity index (χ0) is 18.8. The number of hydrogen-bond acceptors (Lipinski definition) is 6. The molecule has 10 heteroatoms. The summed E-state index contributed by atoms with van der Waals surface area (Å²) in [6.45, 7) is 1.82. The van der Waals surface area contributed by atoms with Gasteiger partial charge in [0.25, 0.3) is 11.6 Å². The van der Waals surface area contributed by atoms with Gasteiger partial charge in [-0.05, 0) is 24.4 Å². The lowest BCUT2D eigenvalue weighted by atomic mass is 10.3. The molecule has 1 aliphatic rings. The molecular formula is C16H18ClN5O3S. The average Bonchev–Trinajstić information content (AvgIpc) is 2.78. The molecule has 0 radical (unpaired) electrons. The summed E-state index contributed by atoms with van der Waals surface area (Å²) in [4.78, 5) is 25.1. The molecule has 0 atom stereocenters. The Morgan fingerprint density at radius 3 is 2.77 bits per heavy atom. The van der Waals surface area contributed by atoms with Crippen LogP contribution in [0.1, 0.15) is 22.6 Å². The summed E-state index contributed by atoms with van der Waals surface area (Å²) in [5.74, 6) is -0.242. The Bertz CT molecular complexity index is 854. The molecule has 8 nitrogen and oxygen atoms in total. The van der Waals surface area contributed by atoms with Gasteiger partial charge in [0.05, 0.1) is 22.2 Å². The number of carbonyl (C=O) groups is 1. The van der Waals surface area contributed by atoms with E-state index in [2.05, 4.69) is 5.10 Å². The molecule has 1 aromatic heterocycles. The molecule has 1 aromatic carbocycles. The van der Waals surface area contributed by atoms with E-state index in [9.17, 15) is 14.9 Å². The van der Waals surface area contributed by atoms with Gasteiger partial charge in [0.15, 0.2) is 5.69 Å². The van der Waals surface area contributed by atoms with E-state index in [1.807, 2.05) is 4.31 Å². The third-order valence-electron chi connectivity index (χ3n) is 4.00. The molecule has 0 saturated carbocycles. The van der Waals surface area contributed by atoms with Gasteiger partial charge in [-0.15, -0.1) is 0 Å². The first-order chi connectivity index (χ1) is 12.4. The molecule has 2 aromatic rings. The van der Waals surface area contributed by atoms with E-state index in [1.54, 1.807) is 37.0 Å². The molecule has 1 aliphatic heterocycles. The highest BCUT2D eigenvalue weighted by atomic mass is 35.5. The zero-order valence-electron chi connectivity index (χ0n) is 14.4. The number of rotatable bonds is 4. The van der Waals surface area contributed by atoms with Gasteiger partial charge in [-0.2, -0.15) is 5.10 Å². The van der Waals surface area contributed by atoms with Crippen LogP contribution in [0.25, 0.3) is 0 Å². The van der Waals surface area contributed by atoms with Gasteiger partial charge in [0.2, 0.25) is 0 Å². The molecule has 0 bridgehead atoms. The van der Waals surface area contributed by atoms with Crippen LogP contribution in [0, 0.1) is 10.1 Å². The summed E-state index contributed by atoms with van der Waals surface area (Å²) < 4.78 is 3.78. The van der Waals surface area contributed by atoms with Crippen LogP contribution in [0.15, 0.2) is 29.2 Å². The first-order valence-electron chi connectivity index (χ1n) is 8.01. The van der Waals surface area contributed by atoms with Crippen molar-refractivity contribution in [3.63, 3.8) is 0 Å². The van der Waals surface area contributed by atoms with Gasteiger partial charge in [0, 0.05) is 33.3 Å². The minimum absolute atomic E-state index is 0.0739. The summed E-state index contributed by atoms with van der Waals surface area (Å²) in [7, 11) is 3.31. The topological polar surface area (TPSA) is 84.5 Å². The first kappa shape index (κ1) is 18.7. The van der Waals surface area contributed by atoms with Crippen molar-refractivity contribution >= 4 is 35.1 Å². The number of hydrogen-bond donors (Lipinski definition) is 0. The maximum Gasteiger partial charge on any atom is 0.284 e. The number of nitro benzene ring substituents is 1. The van der Waals surface area contributed by atoms with E-state index in [1.165, 1.54) is 22.9 Å². The maximum atomic E-state index is 12.2. The van der Waals surface area contributed by atoms with Crippen LogP contribution in [0.5, 0.6) is 0 Å². The maximum absolute atomic E-state index is 12.2. The van der Waals surface area contributed by atoms with Crippen LogP contribution in [0.4, 0.5) is 5.69 Å². The molecule has 138 valence electrons. The standard InChI is InChI=1S/C16H18ClN5O3S/c1-19(2)16(23)15-14(17)12-10-20(8-5-9-21(12)18-15)26-13-7-4-3-6-11(13)22(24)25/h3-4,6-7H,5,8-10H2,1-2H3. The van der Waals surface area contributed by atoms with E-state index in [4.69, 9.17) is 11.6 Å². The summed E-state index contributed by atoms with van der Waals surface area (Å²) in [6, 6.07) is 6.65. The second-order valence-electron chi connectivity index (χ2n) is 6.07. The van der Waals surface area contributed by atoms with Crippen LogP contribution in [0.2, 0.25) is 5.02 Å². The van der Waals surface area contributed by atoms with Gasteiger partial charge in [-0.3, -0.25) is 19.6 Å². The molecular weight excluding hydrogens is 378 g/mol. The Morgan fingerprint density at radius 1 is 1.35 bits per heavy atom. The van der Waals surface area contributed by atoms with Gasteiger partial charge >= 0.3 is 0 Å². The molecule has 0 spiro atoms. The van der Waals surface area contributed by atoms with Gasteiger partial charge in [0.1, 0.15) is 4.90 Å². The summed E-state index contributed by atoms with van der Waals surface area (Å²) >= 11 is 7.75. The van der Waals surface area contributed by atoms with E-state index >= 15 is 0 Å². The third-order valence-corrected chi connectivity index (χ3v) is 5.50. The number of nitro groups is 1. The molecule has 1 amide bonds. The van der Waals surface area contributed by atoms with Crippen LogP contribution in [-0.2, 0) is 13.1 Å². The van der Waals surface area contributed by atoms with Crippen molar-refractivity contribution in [1.82, 2.24) is 19.0 Å². The molecule has 2 heterocycles. The van der Waals surface area contributed by atoms with Crippen molar-refractivity contribution in [2.75, 3.05) is 20.6 Å². The third kappa shape index (κ3) is 3.69. The highest BCUT2D eigenvalue weighted by molar-refractivity contribution is 7.97. The molecule has 26 heavy (non-hydrogen) atoms. The Labute approximate surface area is 160 Å². The Morgan fingerprint density at radius 2 is 2.08 bits per heavy atom. The smallest absolute Gasteiger partial charge is 0.284 e. The minimum Gasteiger partial charge on any atom is -0.343 e. The highest BCUT2D eigenvalue weighted by Crippen LogP contribution is 2.35. The normalized spacial score (nSPS) is 14.6. The lowest BCUT2D eigenvalue weighted by Gasteiger charge is -2.18. The van der Waals surface area contributed by atoms with Gasteiger partial charge < -0.3 is 4.90 Å². The summed E-state index contributed by atoms with van der Waals surface area (Å²) in [5, 5.41) is 15.9. The Kier molecular flexibility index (Phi) is 5.49. The number of fused-ring (bicyclic) bond motifs is 1. The second kappa shape index (κ2) is 7.65. The lowest BCUT2D eigenvalue weighted by molar-refractivity contribution is -0.387. The average molecular weight is 396 g/mol. The van der Waals surface area contributed by atoms with Crippen LogP contribution in [0.3, 0.4) is 0 Å². The fourth-order valence-electron chi connectivity index (χ4n) is 2.70. The molecule has 0 saturated heterocycles. The Hall–Kier alpha value is -2.10. The zero-order valence-corrected chi connectivity index (χ0v) is 16.0. The monoisotopic (exact) mass is 395 g/mol. The Balaban J connectivity index is 1.86. The SMILES string of the molecule is CN(C)C(=O)c1nn2c(c1Cl)CN(Sc1ccccc1[N+](=O)[O-])CCC2. The molecule has 0 unspecified atom stereocenters. The largest absolute Gasteiger partial charge is 0.343 e. The number of benzene rings is 1. The summed E-state index contributed by atoms with van der Waals surface area (Å²) in [6.07, 6.45) is 0.800. The van der Waals surface area contributed by atoms with Crippen molar-refractivity contribution < 1.29 is 9.72 Å². The van der Waals surface area contributed by atoms with Crippen molar-refractivity contribution in [1.29, 1.82) is 0 Å². The number of nitrogens with zero attached hydrogens (tertiary/aromatic N) is 5. The van der Waals surface area contributed by atoms with E-state index in [-0.39, 0.29) is 22.2 Å². The van der Waals surface area contributed by atoms with Crippen LogP contribution >= 0.6 is 23.5 Å². The predicted molar refractivity (Wildman–Crippen MR) is 99.2 cm³/mol. The molecule has 0 fully saturated rings.